The van der Waals surface area contributed by atoms with Crippen LogP contribution in [0.5, 0.6) is 5.75 Å². The lowest BCUT2D eigenvalue weighted by molar-refractivity contribution is -0.137. The summed E-state index contributed by atoms with van der Waals surface area (Å²) in [5.41, 5.74) is 4.69. The lowest BCUT2D eigenvalue weighted by atomic mass is 10.2. The summed E-state index contributed by atoms with van der Waals surface area (Å²) < 4.78 is 42.7. The Bertz CT molecular complexity index is 363. The Morgan fingerprint density at radius 2 is 1.88 bits per heavy atom. The maximum atomic E-state index is 12.5. The van der Waals surface area contributed by atoms with Crippen LogP contribution in [0.4, 0.5) is 18.9 Å². The van der Waals surface area contributed by atoms with Crippen LogP contribution in [0.2, 0.25) is 0 Å². The number of alkyl halides is 3. The van der Waals surface area contributed by atoms with Crippen LogP contribution in [0.3, 0.4) is 0 Å². The minimum Gasteiger partial charge on any atom is -0.494 e. The molecule has 1 rings (SSSR count). The van der Waals surface area contributed by atoms with Gasteiger partial charge in [-0.15, -0.1) is 0 Å². The monoisotopic (exact) mass is 247 g/mol. The first kappa shape index (κ1) is 13.7. The minimum absolute atomic E-state index is 0.0605. The summed E-state index contributed by atoms with van der Waals surface area (Å²) in [5.74, 6) is 0.174. The number of benzene rings is 1. The molecule has 0 aromatic heterocycles. The van der Waals surface area contributed by atoms with Crippen molar-refractivity contribution < 1.29 is 17.9 Å². The van der Waals surface area contributed by atoms with E-state index in [9.17, 15) is 13.2 Å². The summed E-state index contributed by atoms with van der Waals surface area (Å²) in [4.78, 5) is 0. The molecule has 0 unspecified atom stereocenters. The Morgan fingerprint density at radius 3 is 2.47 bits per heavy atom. The van der Waals surface area contributed by atoms with E-state index in [-0.39, 0.29) is 11.4 Å². The van der Waals surface area contributed by atoms with Gasteiger partial charge < -0.3 is 10.5 Å². The number of anilines is 1. The molecule has 0 atom stereocenters. The quantitative estimate of drug-likeness (QED) is 0.633. The van der Waals surface area contributed by atoms with Gasteiger partial charge in [-0.05, 0) is 18.6 Å². The molecule has 0 saturated carbocycles. The molecule has 2 nitrogen and oxygen atoms in total. The first-order chi connectivity index (χ1) is 7.93. The Labute approximate surface area is 98.6 Å². The molecule has 0 radical (unpaired) electrons. The van der Waals surface area contributed by atoms with Gasteiger partial charge in [-0.25, -0.2) is 0 Å². The van der Waals surface area contributed by atoms with Gasteiger partial charge in [-0.2, -0.15) is 13.2 Å². The summed E-state index contributed by atoms with van der Waals surface area (Å²) >= 11 is 0. The van der Waals surface area contributed by atoms with Gasteiger partial charge >= 0.3 is 6.18 Å². The van der Waals surface area contributed by atoms with E-state index in [1.165, 1.54) is 6.07 Å². The van der Waals surface area contributed by atoms with E-state index in [4.69, 9.17) is 10.5 Å². The fourth-order valence-electron chi connectivity index (χ4n) is 1.41. The summed E-state index contributed by atoms with van der Waals surface area (Å²) in [6.07, 6.45) is -1.54. The van der Waals surface area contributed by atoms with Crippen molar-refractivity contribution in [2.75, 3.05) is 12.3 Å². The molecule has 0 saturated heterocycles. The highest BCUT2D eigenvalue weighted by molar-refractivity contribution is 5.48. The van der Waals surface area contributed by atoms with E-state index >= 15 is 0 Å². The van der Waals surface area contributed by atoms with Crippen LogP contribution < -0.4 is 10.5 Å². The van der Waals surface area contributed by atoms with Gasteiger partial charge in [0.05, 0.1) is 12.2 Å². The van der Waals surface area contributed by atoms with Crippen molar-refractivity contribution in [1.29, 1.82) is 0 Å². The molecule has 0 aliphatic rings. The van der Waals surface area contributed by atoms with Crippen LogP contribution >= 0.6 is 0 Å². The van der Waals surface area contributed by atoms with Gasteiger partial charge in [-0.3, -0.25) is 0 Å². The Balaban J connectivity index is 2.69. The molecule has 0 fully saturated rings. The third-order valence-electron chi connectivity index (χ3n) is 2.27. The average molecular weight is 247 g/mol. The van der Waals surface area contributed by atoms with Gasteiger partial charge in [0.15, 0.2) is 0 Å². The Kier molecular flexibility index (Phi) is 4.66. The fraction of sp³-hybridized carbons (Fsp3) is 0.500. The summed E-state index contributed by atoms with van der Waals surface area (Å²) in [6.45, 7) is 2.46. The highest BCUT2D eigenvalue weighted by Crippen LogP contribution is 2.33. The number of ether oxygens (including phenoxy) is 1. The molecule has 1 aromatic rings. The summed E-state index contributed by atoms with van der Waals surface area (Å²) in [7, 11) is 0. The third-order valence-corrected chi connectivity index (χ3v) is 2.27. The van der Waals surface area contributed by atoms with Crippen molar-refractivity contribution in [2.45, 2.75) is 32.4 Å². The molecule has 0 aliphatic carbocycles. The lowest BCUT2D eigenvalue weighted by Gasteiger charge is -2.11. The zero-order valence-electron chi connectivity index (χ0n) is 9.68. The predicted molar refractivity (Wildman–Crippen MR) is 60.9 cm³/mol. The van der Waals surface area contributed by atoms with Crippen LogP contribution in [0.25, 0.3) is 0 Å². The standard InChI is InChI=1S/C12H16F3NO/c1-2-3-4-5-17-11-7-9(12(13,14)15)6-10(16)8-11/h6-8H,2-5,16H2,1H3. The second-order valence-corrected chi connectivity index (χ2v) is 3.84. The smallest absolute Gasteiger partial charge is 0.416 e. The number of nitrogens with two attached hydrogens (primary N) is 1. The number of rotatable bonds is 5. The van der Waals surface area contributed by atoms with Gasteiger partial charge in [0, 0.05) is 11.8 Å². The molecule has 0 amide bonds. The van der Waals surface area contributed by atoms with Gasteiger partial charge in [0.25, 0.3) is 0 Å². The third kappa shape index (κ3) is 4.54. The molecule has 0 heterocycles. The van der Waals surface area contributed by atoms with E-state index < -0.39 is 11.7 Å². The van der Waals surface area contributed by atoms with Crippen LogP contribution in [0.1, 0.15) is 31.7 Å². The number of hydrogen-bond acceptors (Lipinski definition) is 2. The fourth-order valence-corrected chi connectivity index (χ4v) is 1.41. The Morgan fingerprint density at radius 1 is 1.18 bits per heavy atom. The van der Waals surface area contributed by atoms with E-state index in [1.807, 2.05) is 6.92 Å². The van der Waals surface area contributed by atoms with Gasteiger partial charge in [-0.1, -0.05) is 19.8 Å². The maximum absolute atomic E-state index is 12.5. The van der Waals surface area contributed by atoms with Gasteiger partial charge in [0.2, 0.25) is 0 Å². The molecule has 96 valence electrons. The first-order valence-electron chi connectivity index (χ1n) is 5.54. The SMILES string of the molecule is CCCCCOc1cc(N)cc(C(F)(F)F)c1. The molecule has 17 heavy (non-hydrogen) atoms. The number of halogens is 3. The summed E-state index contributed by atoms with van der Waals surface area (Å²) in [5, 5.41) is 0. The van der Waals surface area contributed by atoms with Gasteiger partial charge in [0.1, 0.15) is 5.75 Å². The second-order valence-electron chi connectivity index (χ2n) is 3.84. The van der Waals surface area contributed by atoms with Crippen molar-refractivity contribution in [1.82, 2.24) is 0 Å². The number of hydrogen-bond donors (Lipinski definition) is 1. The van der Waals surface area contributed by atoms with Crippen LogP contribution in [0.15, 0.2) is 18.2 Å². The highest BCUT2D eigenvalue weighted by Gasteiger charge is 2.31. The minimum atomic E-state index is -4.39. The zero-order chi connectivity index (χ0) is 12.9. The molecular formula is C12H16F3NO. The number of unbranched alkanes of at least 4 members (excludes halogenated alkanes) is 2. The largest absolute Gasteiger partial charge is 0.494 e. The normalized spacial score (nSPS) is 11.5. The van der Waals surface area contributed by atoms with Crippen molar-refractivity contribution in [3.63, 3.8) is 0 Å². The van der Waals surface area contributed by atoms with Crippen molar-refractivity contribution in [2.24, 2.45) is 0 Å². The average Bonchev–Trinajstić information content (AvgIpc) is 2.22. The second kappa shape index (κ2) is 5.80. The predicted octanol–water partition coefficient (Wildman–Crippen LogP) is 3.86. The molecular weight excluding hydrogens is 231 g/mol. The van der Waals surface area contributed by atoms with E-state index in [1.54, 1.807) is 0 Å². The van der Waals surface area contributed by atoms with Crippen molar-refractivity contribution in [3.8, 4) is 5.75 Å². The Hall–Kier alpha value is -1.39. The van der Waals surface area contributed by atoms with E-state index in [2.05, 4.69) is 0 Å². The van der Waals surface area contributed by atoms with Crippen LogP contribution in [-0.2, 0) is 6.18 Å². The van der Waals surface area contributed by atoms with Crippen LogP contribution in [0, 0.1) is 0 Å². The van der Waals surface area contributed by atoms with Crippen molar-refractivity contribution >= 4 is 5.69 Å². The zero-order valence-corrected chi connectivity index (χ0v) is 9.68. The first-order valence-corrected chi connectivity index (χ1v) is 5.54. The maximum Gasteiger partial charge on any atom is 0.416 e. The van der Waals surface area contributed by atoms with E-state index in [0.29, 0.717) is 6.61 Å². The van der Waals surface area contributed by atoms with Crippen molar-refractivity contribution in [3.05, 3.63) is 23.8 Å². The van der Waals surface area contributed by atoms with Crippen LogP contribution in [-0.4, -0.2) is 6.61 Å². The summed E-state index contributed by atoms with van der Waals surface area (Å²) in [6, 6.07) is 3.28. The highest BCUT2D eigenvalue weighted by atomic mass is 19.4. The molecule has 0 bridgehead atoms. The molecule has 5 heteroatoms. The molecule has 1 aromatic carbocycles. The molecule has 0 aliphatic heterocycles. The topological polar surface area (TPSA) is 35.2 Å². The number of nitrogen functional groups attached to an aromatic ring is 1. The molecule has 0 spiro atoms. The lowest BCUT2D eigenvalue weighted by Crippen LogP contribution is -2.07. The van der Waals surface area contributed by atoms with E-state index in [0.717, 1.165) is 31.4 Å². The molecule has 2 N–H and O–H groups in total.